The summed E-state index contributed by atoms with van der Waals surface area (Å²) >= 11 is 0. The number of aliphatic hydroxyl groups is 3. The van der Waals surface area contributed by atoms with Gasteiger partial charge < -0.3 is 15.3 Å². The van der Waals surface area contributed by atoms with Gasteiger partial charge in [-0.15, -0.1) is 0 Å². The summed E-state index contributed by atoms with van der Waals surface area (Å²) in [7, 11) is 0. The zero-order valence-corrected chi connectivity index (χ0v) is 8.99. The van der Waals surface area contributed by atoms with Crippen molar-refractivity contribution in [3.05, 3.63) is 0 Å². The molecule has 0 aromatic rings. The number of hydrogen-bond donors (Lipinski definition) is 3. The summed E-state index contributed by atoms with van der Waals surface area (Å²) < 4.78 is 0. The minimum absolute atomic E-state index is 0. The van der Waals surface area contributed by atoms with Gasteiger partial charge in [0, 0.05) is 19.6 Å². The molecule has 62 valence electrons. The van der Waals surface area contributed by atoms with Crippen LogP contribution in [0, 0.1) is 0 Å². The first-order valence-corrected chi connectivity index (χ1v) is 3.40. The number of rotatable bonds is 6. The van der Waals surface area contributed by atoms with E-state index in [2.05, 4.69) is 0 Å². The Balaban J connectivity index is 0. The Labute approximate surface area is 86.0 Å². The minimum Gasteiger partial charge on any atom is -0.395 e. The van der Waals surface area contributed by atoms with Gasteiger partial charge in [-0.05, 0) is 0 Å². The van der Waals surface area contributed by atoms with Crippen LogP contribution in [0.1, 0.15) is 0 Å². The fourth-order valence-electron chi connectivity index (χ4n) is 0.760. The molecule has 0 aliphatic heterocycles. The molecule has 0 saturated carbocycles. The van der Waals surface area contributed by atoms with Gasteiger partial charge in [-0.2, -0.15) is 0 Å². The van der Waals surface area contributed by atoms with Gasteiger partial charge >= 0.3 is 26.2 Å². The third-order valence-electron chi connectivity index (χ3n) is 1.25. The van der Waals surface area contributed by atoms with Crippen molar-refractivity contribution in [2.75, 3.05) is 39.5 Å². The molecule has 4 nitrogen and oxygen atoms in total. The average Bonchev–Trinajstić information content (AvgIpc) is 1.90. The van der Waals surface area contributed by atoms with Crippen LogP contribution in [0.25, 0.3) is 0 Å². The van der Waals surface area contributed by atoms with E-state index in [0.29, 0.717) is 19.6 Å². The summed E-state index contributed by atoms with van der Waals surface area (Å²) in [6.45, 7) is 1.75. The van der Waals surface area contributed by atoms with Crippen LogP contribution in [-0.4, -0.2) is 59.7 Å². The first-order chi connectivity index (χ1) is 4.85. The molecule has 0 aliphatic carbocycles. The van der Waals surface area contributed by atoms with Gasteiger partial charge in [0.05, 0.1) is 19.8 Å². The van der Waals surface area contributed by atoms with E-state index < -0.39 is 0 Å². The second-order valence-corrected chi connectivity index (χ2v) is 2.01. The molecule has 0 amide bonds. The molecule has 0 bridgehead atoms. The maximum absolute atomic E-state index is 8.48. The Morgan fingerprint density at radius 3 is 1.18 bits per heavy atom. The number of hydrogen-bond acceptors (Lipinski definition) is 4. The molecule has 5 heteroatoms. The monoisotopic (exact) mass is 239 g/mol. The third kappa shape index (κ3) is 8.63. The van der Waals surface area contributed by atoms with Gasteiger partial charge in [0.15, 0.2) is 0 Å². The Kier molecular flexibility index (Phi) is 13.9. The fraction of sp³-hybridized carbons (Fsp3) is 1.00. The molecule has 0 aromatic carbocycles. The summed E-state index contributed by atoms with van der Waals surface area (Å²) in [5.74, 6) is 0. The predicted octanol–water partition coefficient (Wildman–Crippen LogP) is -1.74. The average molecular weight is 240 g/mol. The van der Waals surface area contributed by atoms with Gasteiger partial charge in [-0.1, -0.05) is 0 Å². The van der Waals surface area contributed by atoms with Crippen molar-refractivity contribution < 1.29 is 41.5 Å². The van der Waals surface area contributed by atoms with Crippen molar-refractivity contribution in [2.24, 2.45) is 0 Å². The maximum atomic E-state index is 8.48. The van der Waals surface area contributed by atoms with Crippen LogP contribution in [-0.2, 0) is 26.2 Å². The topological polar surface area (TPSA) is 63.9 Å². The van der Waals surface area contributed by atoms with E-state index in [0.717, 1.165) is 0 Å². The Morgan fingerprint density at radius 1 is 0.727 bits per heavy atom. The van der Waals surface area contributed by atoms with Crippen LogP contribution in [0.5, 0.6) is 0 Å². The predicted molar refractivity (Wildman–Crippen MR) is 37.7 cm³/mol. The van der Waals surface area contributed by atoms with Crippen LogP contribution < -0.4 is 0 Å². The zero-order chi connectivity index (χ0) is 7.82. The van der Waals surface area contributed by atoms with E-state index in [1.165, 1.54) is 0 Å². The maximum Gasteiger partial charge on any atom is 4.00 e. The van der Waals surface area contributed by atoms with Crippen molar-refractivity contribution >= 4 is 0 Å². The Bertz CT molecular complexity index is 60.6. The van der Waals surface area contributed by atoms with Crippen LogP contribution in [0.4, 0.5) is 0 Å². The molecule has 0 fully saturated rings. The van der Waals surface area contributed by atoms with E-state index in [1.54, 1.807) is 4.90 Å². The fourth-order valence-corrected chi connectivity index (χ4v) is 0.760. The second-order valence-electron chi connectivity index (χ2n) is 2.01. The molecule has 0 heterocycles. The standard InChI is InChI=1S/C6H15NO3.Zr/c8-4-1-7(2-5-9)3-6-10;/h8-10H,1-6H2;/q;+4. The largest absolute Gasteiger partial charge is 4.00 e. The van der Waals surface area contributed by atoms with Crippen LogP contribution in [0.3, 0.4) is 0 Å². The molecule has 0 aromatic heterocycles. The first-order valence-electron chi connectivity index (χ1n) is 3.40. The van der Waals surface area contributed by atoms with Crippen molar-refractivity contribution in [1.82, 2.24) is 4.90 Å². The van der Waals surface area contributed by atoms with E-state index in [1.807, 2.05) is 0 Å². The van der Waals surface area contributed by atoms with Crippen molar-refractivity contribution in [3.8, 4) is 0 Å². The van der Waals surface area contributed by atoms with Gasteiger partial charge in [0.2, 0.25) is 0 Å². The van der Waals surface area contributed by atoms with Crippen LogP contribution in [0.2, 0.25) is 0 Å². The summed E-state index contributed by atoms with van der Waals surface area (Å²) in [5.41, 5.74) is 0. The Hall–Kier alpha value is 0.723. The van der Waals surface area contributed by atoms with Gasteiger partial charge in [-0.3, -0.25) is 4.90 Å². The van der Waals surface area contributed by atoms with E-state index in [9.17, 15) is 0 Å². The molecule has 0 rings (SSSR count). The van der Waals surface area contributed by atoms with Crippen LogP contribution >= 0.6 is 0 Å². The summed E-state index contributed by atoms with van der Waals surface area (Å²) in [5, 5.41) is 25.5. The molecule has 0 aliphatic rings. The first kappa shape index (κ1) is 14.3. The van der Waals surface area contributed by atoms with Crippen molar-refractivity contribution in [2.45, 2.75) is 0 Å². The molecule has 3 N–H and O–H groups in total. The third-order valence-corrected chi connectivity index (χ3v) is 1.25. The molecule has 0 spiro atoms. The quantitative estimate of drug-likeness (QED) is 0.516. The minimum atomic E-state index is 0. The van der Waals surface area contributed by atoms with E-state index >= 15 is 0 Å². The summed E-state index contributed by atoms with van der Waals surface area (Å²) in [6, 6.07) is 0. The molecule has 0 saturated heterocycles. The normalized spacial score (nSPS) is 9.82. The van der Waals surface area contributed by atoms with Gasteiger partial charge in [0.25, 0.3) is 0 Å². The van der Waals surface area contributed by atoms with E-state index in [4.69, 9.17) is 15.3 Å². The number of nitrogens with zero attached hydrogens (tertiary/aromatic N) is 1. The zero-order valence-electron chi connectivity index (χ0n) is 6.53. The number of aliphatic hydroxyl groups excluding tert-OH is 3. The second kappa shape index (κ2) is 10.7. The Morgan fingerprint density at radius 2 is 1.00 bits per heavy atom. The van der Waals surface area contributed by atoms with Gasteiger partial charge in [-0.25, -0.2) is 0 Å². The molecular weight excluding hydrogens is 225 g/mol. The molecule has 11 heavy (non-hydrogen) atoms. The van der Waals surface area contributed by atoms with E-state index in [-0.39, 0.29) is 46.0 Å². The SMILES string of the molecule is OCCN(CCO)CCO.[Zr+4]. The van der Waals surface area contributed by atoms with Crippen LogP contribution in [0.15, 0.2) is 0 Å². The summed E-state index contributed by atoms with van der Waals surface area (Å²) in [6.07, 6.45) is 0. The molecule has 0 radical (unpaired) electrons. The molecular formula is C6H15NO3Zr+4. The van der Waals surface area contributed by atoms with Gasteiger partial charge in [0.1, 0.15) is 0 Å². The smallest absolute Gasteiger partial charge is 0.395 e. The van der Waals surface area contributed by atoms with Crippen molar-refractivity contribution in [3.63, 3.8) is 0 Å². The molecule has 0 atom stereocenters. The van der Waals surface area contributed by atoms with Crippen molar-refractivity contribution in [1.29, 1.82) is 0 Å². The summed E-state index contributed by atoms with van der Waals surface area (Å²) in [4.78, 5) is 1.79. The molecule has 0 unspecified atom stereocenters.